The monoisotopic (exact) mass is 346 g/mol. The lowest BCUT2D eigenvalue weighted by atomic mass is 10.1. The van der Waals surface area contributed by atoms with Crippen LogP contribution in [0.25, 0.3) is 16.8 Å². The Balaban J connectivity index is 1.44. The number of nitrogens with one attached hydrogen (secondary N) is 2. The summed E-state index contributed by atoms with van der Waals surface area (Å²) in [4.78, 5) is 23.5. The first kappa shape index (κ1) is 17.2. The highest BCUT2D eigenvalue weighted by Gasteiger charge is 2.04. The molecule has 0 atom stereocenters. The summed E-state index contributed by atoms with van der Waals surface area (Å²) in [7, 11) is 0. The maximum atomic E-state index is 11.8. The Kier molecular flexibility index (Phi) is 5.62. The second-order valence-electron chi connectivity index (χ2n) is 5.58. The predicted octanol–water partition coefficient (Wildman–Crippen LogP) is 3.08. The normalized spacial score (nSPS) is 10.6. The van der Waals surface area contributed by atoms with Crippen LogP contribution in [0.3, 0.4) is 0 Å². The number of hydrogen-bond acceptors (Lipinski definition) is 3. The molecule has 5 heteroatoms. The highest BCUT2D eigenvalue weighted by molar-refractivity contribution is 5.93. The number of hydrazine groups is 1. The van der Waals surface area contributed by atoms with Crippen molar-refractivity contribution in [2.45, 2.75) is 0 Å². The number of amides is 2. The Morgan fingerprint density at radius 3 is 2.38 bits per heavy atom. The number of hydrogen-bond donors (Lipinski definition) is 2. The van der Waals surface area contributed by atoms with Crippen molar-refractivity contribution in [1.82, 2.24) is 10.9 Å². The third-order valence-electron chi connectivity index (χ3n) is 3.64. The number of benzene rings is 3. The minimum absolute atomic E-state index is 0.193. The Bertz CT molecular complexity index is 936. The van der Waals surface area contributed by atoms with Crippen LogP contribution in [0.4, 0.5) is 0 Å². The van der Waals surface area contributed by atoms with Crippen LogP contribution in [0.15, 0.2) is 78.9 Å². The van der Waals surface area contributed by atoms with E-state index in [1.165, 1.54) is 6.08 Å². The van der Waals surface area contributed by atoms with Gasteiger partial charge in [-0.1, -0.05) is 60.7 Å². The maximum absolute atomic E-state index is 11.8. The average Bonchev–Trinajstić information content (AvgIpc) is 2.69. The van der Waals surface area contributed by atoms with Crippen molar-refractivity contribution in [2.24, 2.45) is 0 Å². The van der Waals surface area contributed by atoms with Gasteiger partial charge in [-0.3, -0.25) is 20.4 Å². The van der Waals surface area contributed by atoms with Crippen LogP contribution >= 0.6 is 0 Å². The molecular weight excluding hydrogens is 328 g/mol. The van der Waals surface area contributed by atoms with Crippen LogP contribution in [0.1, 0.15) is 5.56 Å². The molecule has 0 radical (unpaired) electrons. The molecule has 2 N–H and O–H groups in total. The molecule has 0 spiro atoms. The third-order valence-corrected chi connectivity index (χ3v) is 3.64. The van der Waals surface area contributed by atoms with E-state index in [-0.39, 0.29) is 6.61 Å². The van der Waals surface area contributed by atoms with Crippen molar-refractivity contribution >= 4 is 28.7 Å². The van der Waals surface area contributed by atoms with E-state index in [0.29, 0.717) is 5.75 Å². The van der Waals surface area contributed by atoms with E-state index in [4.69, 9.17) is 4.74 Å². The second-order valence-corrected chi connectivity index (χ2v) is 5.58. The van der Waals surface area contributed by atoms with Crippen molar-refractivity contribution in [3.63, 3.8) is 0 Å². The molecule has 2 amide bonds. The fraction of sp³-hybridized carbons (Fsp3) is 0.0476. The Hall–Kier alpha value is -3.60. The minimum atomic E-state index is -0.445. The van der Waals surface area contributed by atoms with E-state index >= 15 is 0 Å². The van der Waals surface area contributed by atoms with E-state index < -0.39 is 11.8 Å². The summed E-state index contributed by atoms with van der Waals surface area (Å²) in [6, 6.07) is 22.9. The number of carbonyl (C=O) groups excluding carboxylic acids is 2. The lowest BCUT2D eigenvalue weighted by molar-refractivity contribution is -0.128. The van der Waals surface area contributed by atoms with Gasteiger partial charge in [0.05, 0.1) is 0 Å². The summed E-state index contributed by atoms with van der Waals surface area (Å²) < 4.78 is 5.46. The maximum Gasteiger partial charge on any atom is 0.276 e. The van der Waals surface area contributed by atoms with E-state index in [1.54, 1.807) is 12.1 Å². The van der Waals surface area contributed by atoms with E-state index in [0.717, 1.165) is 16.3 Å². The standard InChI is InChI=1S/C21H18N2O3/c24-20(13-10-16-6-2-1-3-7-16)22-23-21(25)15-26-19-12-11-17-8-4-5-9-18(17)14-19/h1-14H,15H2,(H,22,24)(H,23,25)/b13-10+. The number of fused-ring (bicyclic) bond motifs is 1. The molecule has 5 nitrogen and oxygen atoms in total. The molecule has 0 fully saturated rings. The molecule has 3 aromatic rings. The fourth-order valence-corrected chi connectivity index (χ4v) is 2.35. The number of ether oxygens (including phenoxy) is 1. The third kappa shape index (κ3) is 4.95. The van der Waals surface area contributed by atoms with Crippen molar-refractivity contribution < 1.29 is 14.3 Å². The fourth-order valence-electron chi connectivity index (χ4n) is 2.35. The summed E-state index contributed by atoms with van der Waals surface area (Å²) in [6.45, 7) is -0.193. The topological polar surface area (TPSA) is 67.4 Å². The van der Waals surface area contributed by atoms with Crippen LogP contribution in [-0.2, 0) is 9.59 Å². The Morgan fingerprint density at radius 2 is 1.58 bits per heavy atom. The van der Waals surface area contributed by atoms with Crippen molar-refractivity contribution in [1.29, 1.82) is 0 Å². The lowest BCUT2D eigenvalue weighted by Crippen LogP contribution is -2.43. The molecule has 0 unspecified atom stereocenters. The van der Waals surface area contributed by atoms with Crippen molar-refractivity contribution in [2.75, 3.05) is 6.61 Å². The molecule has 0 saturated carbocycles. The quantitative estimate of drug-likeness (QED) is 0.551. The largest absolute Gasteiger partial charge is 0.484 e. The van der Waals surface area contributed by atoms with Gasteiger partial charge in [-0.05, 0) is 34.5 Å². The van der Waals surface area contributed by atoms with Gasteiger partial charge in [0.1, 0.15) is 5.75 Å². The first-order valence-electron chi connectivity index (χ1n) is 8.14. The van der Waals surface area contributed by atoms with Crippen LogP contribution < -0.4 is 15.6 Å². The minimum Gasteiger partial charge on any atom is -0.484 e. The summed E-state index contributed by atoms with van der Waals surface area (Å²) in [5.41, 5.74) is 5.52. The van der Waals surface area contributed by atoms with Gasteiger partial charge >= 0.3 is 0 Å². The van der Waals surface area contributed by atoms with Crippen LogP contribution in [0.5, 0.6) is 5.75 Å². The zero-order valence-corrected chi connectivity index (χ0v) is 14.0. The van der Waals surface area contributed by atoms with Gasteiger partial charge < -0.3 is 4.74 Å². The van der Waals surface area contributed by atoms with Gasteiger partial charge in [0.25, 0.3) is 11.8 Å². The van der Waals surface area contributed by atoms with E-state index in [2.05, 4.69) is 10.9 Å². The van der Waals surface area contributed by atoms with Crippen LogP contribution in [0, 0.1) is 0 Å². The summed E-state index contributed by atoms with van der Waals surface area (Å²) in [5, 5.41) is 2.13. The Morgan fingerprint density at radius 1 is 0.846 bits per heavy atom. The SMILES string of the molecule is O=C(/C=C/c1ccccc1)NNC(=O)COc1ccc2ccccc2c1. The lowest BCUT2D eigenvalue weighted by Gasteiger charge is -2.08. The summed E-state index contributed by atoms with van der Waals surface area (Å²) >= 11 is 0. The van der Waals surface area contributed by atoms with Gasteiger partial charge in [-0.25, -0.2) is 0 Å². The van der Waals surface area contributed by atoms with Gasteiger partial charge in [0.2, 0.25) is 0 Å². The number of rotatable bonds is 5. The first-order chi connectivity index (χ1) is 12.7. The van der Waals surface area contributed by atoms with Crippen LogP contribution in [-0.4, -0.2) is 18.4 Å². The van der Waals surface area contributed by atoms with E-state index in [1.807, 2.05) is 66.7 Å². The number of carbonyl (C=O) groups is 2. The molecule has 0 heterocycles. The van der Waals surface area contributed by atoms with Crippen molar-refractivity contribution in [3.05, 3.63) is 84.4 Å². The second kappa shape index (κ2) is 8.48. The van der Waals surface area contributed by atoms with Crippen LogP contribution in [0.2, 0.25) is 0 Å². The van der Waals surface area contributed by atoms with Crippen molar-refractivity contribution in [3.8, 4) is 5.75 Å². The molecule has 0 aliphatic carbocycles. The Labute approximate surface area is 151 Å². The smallest absolute Gasteiger partial charge is 0.276 e. The molecule has 0 aromatic heterocycles. The average molecular weight is 346 g/mol. The molecule has 3 aromatic carbocycles. The molecule has 26 heavy (non-hydrogen) atoms. The molecule has 130 valence electrons. The molecule has 0 saturated heterocycles. The molecule has 0 aliphatic heterocycles. The first-order valence-corrected chi connectivity index (χ1v) is 8.14. The van der Waals surface area contributed by atoms with E-state index in [9.17, 15) is 9.59 Å². The van der Waals surface area contributed by atoms with Gasteiger partial charge in [-0.15, -0.1) is 0 Å². The van der Waals surface area contributed by atoms with Gasteiger partial charge in [-0.2, -0.15) is 0 Å². The molecular formula is C21H18N2O3. The zero-order valence-electron chi connectivity index (χ0n) is 14.0. The molecule has 3 rings (SSSR count). The highest BCUT2D eigenvalue weighted by atomic mass is 16.5. The molecule has 0 aliphatic rings. The van der Waals surface area contributed by atoms with Gasteiger partial charge in [0, 0.05) is 6.08 Å². The van der Waals surface area contributed by atoms with Gasteiger partial charge in [0.15, 0.2) is 6.61 Å². The predicted molar refractivity (Wildman–Crippen MR) is 101 cm³/mol. The zero-order chi connectivity index (χ0) is 18.2. The summed E-state index contributed by atoms with van der Waals surface area (Å²) in [6.07, 6.45) is 3.01. The molecule has 0 bridgehead atoms. The summed E-state index contributed by atoms with van der Waals surface area (Å²) in [5.74, 6) is -0.276. The highest BCUT2D eigenvalue weighted by Crippen LogP contribution is 2.20.